The fourth-order valence-corrected chi connectivity index (χ4v) is 2.49. The van der Waals surface area contributed by atoms with Crippen molar-refractivity contribution in [1.29, 1.82) is 0 Å². The van der Waals surface area contributed by atoms with Gasteiger partial charge in [-0.2, -0.15) is 0 Å². The summed E-state index contributed by atoms with van der Waals surface area (Å²) in [7, 11) is 1.74. The second kappa shape index (κ2) is 5.98. The van der Waals surface area contributed by atoms with Crippen LogP contribution in [0.2, 0.25) is 0 Å². The third-order valence-electron chi connectivity index (χ3n) is 3.35. The number of methoxy groups -OCH3 is 1. The summed E-state index contributed by atoms with van der Waals surface area (Å²) in [5.41, 5.74) is 1.42. The molecule has 1 N–H and O–H groups in total. The number of hydrogen-bond donors (Lipinski definition) is 1. The molecule has 0 unspecified atom stereocenters. The number of likely N-dealkylation sites (tertiary alicyclic amines) is 1. The Morgan fingerprint density at radius 2 is 2.39 bits per heavy atom. The smallest absolute Gasteiger partial charge is 0.335 e. The Morgan fingerprint density at radius 3 is 3.11 bits per heavy atom. The Labute approximate surface area is 107 Å². The highest BCUT2D eigenvalue weighted by Gasteiger charge is 2.22. The second-order valence-corrected chi connectivity index (χ2v) is 4.85. The Bertz CT molecular complexity index is 419. The van der Waals surface area contributed by atoms with Gasteiger partial charge in [-0.05, 0) is 36.6 Å². The van der Waals surface area contributed by atoms with E-state index in [2.05, 4.69) is 4.90 Å². The topological polar surface area (TPSA) is 49.8 Å². The van der Waals surface area contributed by atoms with Gasteiger partial charge in [-0.15, -0.1) is 0 Å². The van der Waals surface area contributed by atoms with Crippen LogP contribution in [0.15, 0.2) is 24.3 Å². The monoisotopic (exact) mass is 249 g/mol. The first-order valence-corrected chi connectivity index (χ1v) is 6.22. The standard InChI is InChI=1S/C14H19NO3/c1-18-10-12-5-6-15(9-12)8-11-3-2-4-13(7-11)14(16)17/h2-4,7,12H,5-6,8-10H2,1H3,(H,16,17)/t12-/m0/s1. The van der Waals surface area contributed by atoms with Gasteiger partial charge in [0, 0.05) is 20.2 Å². The molecule has 0 spiro atoms. The van der Waals surface area contributed by atoms with E-state index in [9.17, 15) is 4.79 Å². The second-order valence-electron chi connectivity index (χ2n) is 4.85. The molecule has 18 heavy (non-hydrogen) atoms. The van der Waals surface area contributed by atoms with Crippen molar-refractivity contribution in [1.82, 2.24) is 4.90 Å². The van der Waals surface area contributed by atoms with E-state index in [1.807, 2.05) is 12.1 Å². The molecule has 1 atom stereocenters. The first-order valence-electron chi connectivity index (χ1n) is 6.22. The number of carbonyl (C=O) groups is 1. The van der Waals surface area contributed by atoms with Crippen LogP contribution in [0.3, 0.4) is 0 Å². The number of rotatable bonds is 5. The molecule has 1 heterocycles. The lowest BCUT2D eigenvalue weighted by Gasteiger charge is -2.16. The van der Waals surface area contributed by atoms with E-state index in [0.29, 0.717) is 11.5 Å². The highest BCUT2D eigenvalue weighted by atomic mass is 16.5. The van der Waals surface area contributed by atoms with E-state index in [1.54, 1.807) is 19.2 Å². The molecule has 2 rings (SSSR count). The zero-order chi connectivity index (χ0) is 13.0. The molecule has 0 aliphatic carbocycles. The molecule has 0 amide bonds. The van der Waals surface area contributed by atoms with E-state index < -0.39 is 5.97 Å². The average molecular weight is 249 g/mol. The van der Waals surface area contributed by atoms with Gasteiger partial charge in [-0.25, -0.2) is 4.79 Å². The summed E-state index contributed by atoms with van der Waals surface area (Å²) in [6, 6.07) is 7.17. The molecule has 1 aliphatic heterocycles. The van der Waals surface area contributed by atoms with Crippen LogP contribution in [-0.2, 0) is 11.3 Å². The van der Waals surface area contributed by atoms with Crippen LogP contribution in [0, 0.1) is 5.92 Å². The highest BCUT2D eigenvalue weighted by Crippen LogP contribution is 2.19. The Hall–Kier alpha value is -1.39. The summed E-state index contributed by atoms with van der Waals surface area (Å²) in [5, 5.41) is 8.95. The zero-order valence-electron chi connectivity index (χ0n) is 10.6. The average Bonchev–Trinajstić information content (AvgIpc) is 2.77. The van der Waals surface area contributed by atoms with Crippen LogP contribution in [0.5, 0.6) is 0 Å². The van der Waals surface area contributed by atoms with E-state index in [-0.39, 0.29) is 0 Å². The number of benzene rings is 1. The van der Waals surface area contributed by atoms with Crippen molar-refractivity contribution in [2.45, 2.75) is 13.0 Å². The van der Waals surface area contributed by atoms with Crippen molar-refractivity contribution in [3.05, 3.63) is 35.4 Å². The van der Waals surface area contributed by atoms with Gasteiger partial charge in [0.05, 0.1) is 12.2 Å². The van der Waals surface area contributed by atoms with E-state index in [0.717, 1.165) is 38.2 Å². The Morgan fingerprint density at radius 1 is 1.56 bits per heavy atom. The first-order chi connectivity index (χ1) is 8.69. The van der Waals surface area contributed by atoms with Crippen molar-refractivity contribution < 1.29 is 14.6 Å². The molecule has 4 nitrogen and oxygen atoms in total. The van der Waals surface area contributed by atoms with Crippen LogP contribution < -0.4 is 0 Å². The normalized spacial score (nSPS) is 20.2. The summed E-state index contributed by atoms with van der Waals surface area (Å²) in [6.07, 6.45) is 1.16. The minimum absolute atomic E-state index is 0.361. The summed E-state index contributed by atoms with van der Waals surface area (Å²) in [5.74, 6) is -0.256. The van der Waals surface area contributed by atoms with Crippen LogP contribution in [0.25, 0.3) is 0 Å². The van der Waals surface area contributed by atoms with Crippen molar-refractivity contribution in [3.8, 4) is 0 Å². The maximum Gasteiger partial charge on any atom is 0.335 e. The van der Waals surface area contributed by atoms with Crippen LogP contribution >= 0.6 is 0 Å². The fraction of sp³-hybridized carbons (Fsp3) is 0.500. The SMILES string of the molecule is COC[C@H]1CCN(Cc2cccc(C(=O)O)c2)C1. The molecule has 1 aromatic rings. The predicted molar refractivity (Wildman–Crippen MR) is 68.7 cm³/mol. The van der Waals surface area contributed by atoms with Gasteiger partial charge in [0.25, 0.3) is 0 Å². The number of hydrogen-bond acceptors (Lipinski definition) is 3. The van der Waals surface area contributed by atoms with Gasteiger partial charge in [-0.1, -0.05) is 12.1 Å². The van der Waals surface area contributed by atoms with Crippen LogP contribution in [-0.4, -0.2) is 42.8 Å². The molecule has 98 valence electrons. The lowest BCUT2D eigenvalue weighted by molar-refractivity contribution is 0.0696. The van der Waals surface area contributed by atoms with Crippen molar-refractivity contribution in [2.24, 2.45) is 5.92 Å². The predicted octanol–water partition coefficient (Wildman–Crippen LogP) is 1.85. The lowest BCUT2D eigenvalue weighted by atomic mass is 10.1. The van der Waals surface area contributed by atoms with Crippen LogP contribution in [0.1, 0.15) is 22.3 Å². The molecular weight excluding hydrogens is 230 g/mol. The quantitative estimate of drug-likeness (QED) is 0.865. The van der Waals surface area contributed by atoms with E-state index >= 15 is 0 Å². The number of carboxylic acids is 1. The van der Waals surface area contributed by atoms with Gasteiger partial charge >= 0.3 is 5.97 Å². The maximum atomic E-state index is 10.9. The third-order valence-corrected chi connectivity index (χ3v) is 3.35. The maximum absolute atomic E-state index is 10.9. The summed E-state index contributed by atoms with van der Waals surface area (Å²) in [6.45, 7) is 3.73. The summed E-state index contributed by atoms with van der Waals surface area (Å²) in [4.78, 5) is 13.2. The summed E-state index contributed by atoms with van der Waals surface area (Å²) < 4.78 is 5.17. The zero-order valence-corrected chi connectivity index (χ0v) is 10.6. The Balaban J connectivity index is 1.94. The molecule has 1 fully saturated rings. The van der Waals surface area contributed by atoms with Crippen LogP contribution in [0.4, 0.5) is 0 Å². The largest absolute Gasteiger partial charge is 0.478 e. The molecule has 1 saturated heterocycles. The molecular formula is C14H19NO3. The minimum atomic E-state index is -0.865. The Kier molecular flexibility index (Phi) is 4.33. The number of aromatic carboxylic acids is 1. The summed E-state index contributed by atoms with van der Waals surface area (Å²) >= 11 is 0. The number of ether oxygens (including phenoxy) is 1. The van der Waals surface area contributed by atoms with Gasteiger partial charge in [0.15, 0.2) is 0 Å². The molecule has 0 radical (unpaired) electrons. The van der Waals surface area contributed by atoms with Crippen molar-refractivity contribution >= 4 is 5.97 Å². The van der Waals surface area contributed by atoms with Gasteiger partial charge in [0.1, 0.15) is 0 Å². The third kappa shape index (κ3) is 3.31. The first kappa shape index (κ1) is 13.1. The van der Waals surface area contributed by atoms with E-state index in [1.165, 1.54) is 0 Å². The molecule has 0 aromatic heterocycles. The fourth-order valence-electron chi connectivity index (χ4n) is 2.49. The van der Waals surface area contributed by atoms with Crippen molar-refractivity contribution in [2.75, 3.05) is 26.8 Å². The van der Waals surface area contributed by atoms with Gasteiger partial charge in [-0.3, -0.25) is 4.90 Å². The van der Waals surface area contributed by atoms with Gasteiger partial charge < -0.3 is 9.84 Å². The van der Waals surface area contributed by atoms with E-state index in [4.69, 9.17) is 9.84 Å². The minimum Gasteiger partial charge on any atom is -0.478 e. The highest BCUT2D eigenvalue weighted by molar-refractivity contribution is 5.87. The van der Waals surface area contributed by atoms with Gasteiger partial charge in [0.2, 0.25) is 0 Å². The van der Waals surface area contributed by atoms with Crippen molar-refractivity contribution in [3.63, 3.8) is 0 Å². The molecule has 0 bridgehead atoms. The number of carboxylic acid groups (broad SMARTS) is 1. The lowest BCUT2D eigenvalue weighted by Crippen LogP contribution is -2.21. The molecule has 1 aromatic carbocycles. The number of nitrogens with zero attached hydrogens (tertiary/aromatic N) is 1. The molecule has 4 heteroatoms. The molecule has 0 saturated carbocycles. The molecule has 1 aliphatic rings.